The summed E-state index contributed by atoms with van der Waals surface area (Å²) in [5.74, 6) is -0.682. The van der Waals surface area contributed by atoms with Crippen LogP contribution in [-0.2, 0) is 18.7 Å². The lowest BCUT2D eigenvalue weighted by molar-refractivity contribution is -0.219. The lowest BCUT2D eigenvalue weighted by Gasteiger charge is -2.36. The predicted octanol–water partition coefficient (Wildman–Crippen LogP) is 4.02. The largest absolute Gasteiger partial charge is 0.470 e. The molecule has 21 heavy (non-hydrogen) atoms. The molecule has 0 aromatic heterocycles. The molecule has 0 radical (unpaired) electrons. The third kappa shape index (κ3) is 4.93. The highest BCUT2D eigenvalue weighted by atomic mass is 28.4. The summed E-state index contributed by atoms with van der Waals surface area (Å²) in [4.78, 5) is 11.7. The molecule has 0 bridgehead atoms. The van der Waals surface area contributed by atoms with Crippen LogP contribution in [0.4, 0.5) is 0 Å². The van der Waals surface area contributed by atoms with Gasteiger partial charge in [0.15, 0.2) is 14.1 Å². The highest BCUT2D eigenvalue weighted by molar-refractivity contribution is 6.73. The smallest absolute Gasteiger partial charge is 0.204 e. The summed E-state index contributed by atoms with van der Waals surface area (Å²) in [6.45, 7) is 12.6. The topological polar surface area (TPSA) is 44.8 Å². The molecule has 0 aliphatic carbocycles. The van der Waals surface area contributed by atoms with E-state index in [-0.39, 0.29) is 11.9 Å². The molecule has 1 aliphatic rings. The zero-order chi connectivity index (χ0) is 16.1. The van der Waals surface area contributed by atoms with E-state index < -0.39 is 14.1 Å². The van der Waals surface area contributed by atoms with Crippen molar-refractivity contribution in [2.45, 2.75) is 78.0 Å². The van der Waals surface area contributed by atoms with Gasteiger partial charge in [0.1, 0.15) is 0 Å². The summed E-state index contributed by atoms with van der Waals surface area (Å²) in [7, 11) is -1.58. The van der Waals surface area contributed by atoms with Crippen molar-refractivity contribution >= 4 is 14.1 Å². The Hall–Kier alpha value is -0.653. The monoisotopic (exact) mass is 314 g/mol. The zero-order valence-corrected chi connectivity index (χ0v) is 15.3. The Morgan fingerprint density at radius 1 is 1.29 bits per heavy atom. The van der Waals surface area contributed by atoms with Gasteiger partial charge in [-0.3, -0.25) is 4.79 Å². The van der Waals surface area contributed by atoms with Gasteiger partial charge in [-0.05, 0) is 25.1 Å². The maximum absolute atomic E-state index is 11.7. The average molecular weight is 314 g/mol. The normalized spacial score (nSPS) is 21.6. The van der Waals surface area contributed by atoms with Crippen LogP contribution in [0.5, 0.6) is 0 Å². The van der Waals surface area contributed by atoms with E-state index in [0.29, 0.717) is 18.6 Å². The van der Waals surface area contributed by atoms with Gasteiger partial charge in [0.05, 0.1) is 17.9 Å². The maximum Gasteiger partial charge on any atom is 0.204 e. The molecule has 0 saturated carbocycles. The summed E-state index contributed by atoms with van der Waals surface area (Å²) in [5, 5.41) is 0. The summed E-state index contributed by atoms with van der Waals surface area (Å²) in [5.41, 5.74) is 0.606. The quantitative estimate of drug-likeness (QED) is 0.635. The Bertz CT molecular complexity index is 377. The van der Waals surface area contributed by atoms with E-state index in [9.17, 15) is 4.79 Å². The molecule has 0 fully saturated rings. The molecule has 1 atom stereocenters. The van der Waals surface area contributed by atoms with E-state index >= 15 is 0 Å². The molecule has 0 unspecified atom stereocenters. The first kappa shape index (κ1) is 18.4. The second-order valence-corrected chi connectivity index (χ2v) is 10.9. The molecule has 0 saturated heterocycles. The Labute approximate surface area is 130 Å². The molecule has 0 aromatic carbocycles. The average Bonchev–Trinajstić information content (AvgIpc) is 2.43. The summed E-state index contributed by atoms with van der Waals surface area (Å²) >= 11 is 0. The van der Waals surface area contributed by atoms with E-state index in [1.54, 1.807) is 13.2 Å². The third-order valence-corrected chi connectivity index (χ3v) is 9.05. The van der Waals surface area contributed by atoms with E-state index in [0.717, 1.165) is 18.1 Å². The minimum absolute atomic E-state index is 0.000447. The fourth-order valence-electron chi connectivity index (χ4n) is 2.68. The number of hydrogen-bond acceptors (Lipinski definition) is 4. The van der Waals surface area contributed by atoms with Crippen molar-refractivity contribution in [2.75, 3.05) is 6.61 Å². The summed E-state index contributed by atoms with van der Waals surface area (Å²) in [6, 6.07) is 3.40. The van der Waals surface area contributed by atoms with E-state index in [2.05, 4.69) is 20.8 Å². The Kier molecular flexibility index (Phi) is 6.62. The fourth-order valence-corrected chi connectivity index (χ4v) is 5.34. The number of Topliss-reactive ketones (excluding diaryl/α,β-unsaturated/α-hetero) is 1. The first-order valence-corrected chi connectivity index (χ1v) is 10.5. The van der Waals surface area contributed by atoms with Crippen LogP contribution >= 0.6 is 0 Å². The van der Waals surface area contributed by atoms with Crippen LogP contribution < -0.4 is 0 Å². The second-order valence-electron chi connectivity index (χ2n) is 6.13. The van der Waals surface area contributed by atoms with Crippen molar-refractivity contribution in [3.63, 3.8) is 0 Å². The fraction of sp³-hybridized carbons (Fsp3) is 0.812. The Morgan fingerprint density at radius 3 is 2.33 bits per heavy atom. The number of carbonyl (C=O) groups is 1. The highest BCUT2D eigenvalue weighted by Crippen LogP contribution is 2.28. The van der Waals surface area contributed by atoms with Crippen LogP contribution in [-0.4, -0.2) is 32.6 Å². The van der Waals surface area contributed by atoms with Gasteiger partial charge in [-0.1, -0.05) is 20.8 Å². The van der Waals surface area contributed by atoms with Gasteiger partial charge in [-0.15, -0.1) is 0 Å². The third-order valence-electron chi connectivity index (χ3n) is 4.37. The molecule has 122 valence electrons. The molecule has 1 aliphatic heterocycles. The number of ether oxygens (including phenoxy) is 2. The molecule has 1 rings (SSSR count). The second kappa shape index (κ2) is 7.56. The van der Waals surface area contributed by atoms with Crippen molar-refractivity contribution in [1.29, 1.82) is 0 Å². The minimum atomic E-state index is -1.58. The zero-order valence-electron chi connectivity index (χ0n) is 14.3. The van der Waals surface area contributed by atoms with Crippen LogP contribution in [0.25, 0.3) is 0 Å². The van der Waals surface area contributed by atoms with Crippen LogP contribution in [0.3, 0.4) is 0 Å². The van der Waals surface area contributed by atoms with Crippen LogP contribution in [0, 0.1) is 0 Å². The molecule has 0 spiro atoms. The molecule has 5 heteroatoms. The van der Waals surface area contributed by atoms with Gasteiger partial charge in [0.25, 0.3) is 0 Å². The number of carbonyl (C=O) groups excluding carboxylic acids is 1. The molecule has 0 aromatic rings. The Balaban J connectivity index is 2.65. The molecule has 1 heterocycles. The van der Waals surface area contributed by atoms with Gasteiger partial charge in [0, 0.05) is 26.9 Å². The minimum Gasteiger partial charge on any atom is -0.470 e. The lowest BCUT2D eigenvalue weighted by atomic mass is 10.0. The van der Waals surface area contributed by atoms with E-state index in [1.807, 2.05) is 13.8 Å². The molecular formula is C16H30O4Si. The summed E-state index contributed by atoms with van der Waals surface area (Å²) < 4.78 is 17.6. The van der Waals surface area contributed by atoms with Gasteiger partial charge < -0.3 is 13.9 Å². The van der Waals surface area contributed by atoms with Crippen LogP contribution in [0.2, 0.25) is 18.1 Å². The predicted molar refractivity (Wildman–Crippen MR) is 86.6 cm³/mol. The maximum atomic E-state index is 11.7. The highest BCUT2D eigenvalue weighted by Gasteiger charge is 2.34. The van der Waals surface area contributed by atoms with Crippen LogP contribution in [0.15, 0.2) is 11.8 Å². The van der Waals surface area contributed by atoms with Crippen molar-refractivity contribution in [3.8, 4) is 0 Å². The lowest BCUT2D eigenvalue weighted by Crippen LogP contribution is -2.41. The SMILES string of the molecule is CC[Si](CC)(CC)OCC[C@@H]1OC(C)(C)OC=C1C(C)=O. The van der Waals surface area contributed by atoms with Crippen molar-refractivity contribution in [3.05, 3.63) is 11.8 Å². The first-order chi connectivity index (χ1) is 9.79. The van der Waals surface area contributed by atoms with E-state index in [4.69, 9.17) is 13.9 Å². The van der Waals surface area contributed by atoms with Crippen molar-refractivity contribution in [2.24, 2.45) is 0 Å². The Morgan fingerprint density at radius 2 is 1.86 bits per heavy atom. The van der Waals surface area contributed by atoms with Crippen molar-refractivity contribution < 1.29 is 18.7 Å². The van der Waals surface area contributed by atoms with E-state index in [1.165, 1.54) is 0 Å². The summed E-state index contributed by atoms with van der Waals surface area (Å²) in [6.07, 6.45) is 2.02. The van der Waals surface area contributed by atoms with Gasteiger partial charge >= 0.3 is 0 Å². The molecule has 4 nitrogen and oxygen atoms in total. The van der Waals surface area contributed by atoms with Crippen LogP contribution in [0.1, 0.15) is 48.0 Å². The van der Waals surface area contributed by atoms with Crippen molar-refractivity contribution in [1.82, 2.24) is 0 Å². The molecule has 0 amide bonds. The first-order valence-electron chi connectivity index (χ1n) is 7.99. The van der Waals surface area contributed by atoms with Gasteiger partial charge in [0.2, 0.25) is 5.79 Å². The van der Waals surface area contributed by atoms with Gasteiger partial charge in [-0.25, -0.2) is 0 Å². The number of hydrogen-bond donors (Lipinski definition) is 0. The molecule has 0 N–H and O–H groups in total. The number of rotatable bonds is 8. The molecular weight excluding hydrogens is 284 g/mol. The standard InChI is InChI=1S/C16H30O4Si/c1-7-21(8-2,9-3)19-11-10-15-14(13(4)17)12-18-16(5,6)20-15/h12,15H,7-11H2,1-6H3/t15-/m0/s1. The number of ketones is 1. The van der Waals surface area contributed by atoms with Gasteiger partial charge in [-0.2, -0.15) is 0 Å².